The van der Waals surface area contributed by atoms with Crippen LogP contribution >= 0.6 is 11.6 Å². The Bertz CT molecular complexity index is 510. The van der Waals surface area contributed by atoms with Crippen LogP contribution in [-0.4, -0.2) is 19.0 Å². The monoisotopic (exact) mass is 266 g/mol. The number of benzene rings is 1. The molecule has 1 aromatic rings. The van der Waals surface area contributed by atoms with E-state index in [0.29, 0.717) is 47.6 Å². The first kappa shape index (κ1) is 11.8. The molecule has 0 radical (unpaired) electrons. The van der Waals surface area contributed by atoms with Gasteiger partial charge in [-0.05, 0) is 24.3 Å². The average molecular weight is 267 g/mol. The van der Waals surface area contributed by atoms with Gasteiger partial charge in [0.2, 0.25) is 0 Å². The van der Waals surface area contributed by atoms with E-state index >= 15 is 0 Å². The maximum atomic E-state index is 12.3. The van der Waals surface area contributed by atoms with E-state index in [1.54, 1.807) is 6.07 Å². The van der Waals surface area contributed by atoms with Crippen molar-refractivity contribution < 1.29 is 14.3 Å². The van der Waals surface area contributed by atoms with Crippen molar-refractivity contribution in [2.45, 2.75) is 26.2 Å². The second kappa shape index (κ2) is 4.47. The maximum Gasteiger partial charge on any atom is 0.172 e. The second-order valence-corrected chi connectivity index (χ2v) is 5.41. The van der Waals surface area contributed by atoms with Crippen LogP contribution in [-0.2, 0) is 6.42 Å². The van der Waals surface area contributed by atoms with E-state index in [9.17, 15) is 4.79 Å². The van der Waals surface area contributed by atoms with Crippen LogP contribution in [0.25, 0.3) is 0 Å². The van der Waals surface area contributed by atoms with Crippen LogP contribution in [0.5, 0.6) is 11.5 Å². The number of Topliss-reactive ketones (excluding diaryl/α,β-unsaturated/α-hetero) is 1. The van der Waals surface area contributed by atoms with Crippen molar-refractivity contribution in [1.82, 2.24) is 0 Å². The third kappa shape index (κ3) is 1.87. The molecule has 1 aromatic carbocycles. The molecule has 0 bridgehead atoms. The van der Waals surface area contributed by atoms with E-state index in [0.717, 1.165) is 18.4 Å². The average Bonchev–Trinajstić information content (AvgIpc) is 2.49. The summed E-state index contributed by atoms with van der Waals surface area (Å²) in [5.74, 6) is 1.72. The van der Waals surface area contributed by atoms with Crippen LogP contribution in [0.3, 0.4) is 0 Å². The highest BCUT2D eigenvalue weighted by Gasteiger charge is 2.29. The van der Waals surface area contributed by atoms with Gasteiger partial charge in [-0.25, -0.2) is 0 Å². The van der Waals surface area contributed by atoms with Gasteiger partial charge in [-0.3, -0.25) is 4.79 Å². The topological polar surface area (TPSA) is 35.5 Å². The lowest BCUT2D eigenvalue weighted by Crippen LogP contribution is -2.19. The number of ketones is 1. The summed E-state index contributed by atoms with van der Waals surface area (Å²) in [4.78, 5) is 12.3. The third-order valence-electron chi connectivity index (χ3n) is 3.59. The molecule has 1 aliphatic carbocycles. The van der Waals surface area contributed by atoms with Crippen molar-refractivity contribution in [1.29, 1.82) is 0 Å². The Balaban J connectivity index is 2.19. The van der Waals surface area contributed by atoms with E-state index in [1.807, 2.05) is 0 Å². The fraction of sp³-hybridized carbons (Fsp3) is 0.500. The number of fused-ring (bicyclic) bond motifs is 3. The lowest BCUT2D eigenvalue weighted by molar-refractivity contribution is 0.0956. The molecule has 4 heteroatoms. The standard InChI is InChI=1S/C14H15ClO3/c1-8-2-3-9-10(15)7-12-14(18-5-4-17-12)13(9)11(16)6-8/h7-8H,2-6H2,1H3. The molecule has 0 saturated carbocycles. The molecule has 3 nitrogen and oxygen atoms in total. The van der Waals surface area contributed by atoms with Crippen molar-refractivity contribution in [3.8, 4) is 11.5 Å². The number of halogens is 1. The van der Waals surface area contributed by atoms with Gasteiger partial charge in [0.1, 0.15) is 13.2 Å². The molecule has 0 amide bonds. The SMILES string of the molecule is CC1CCc2c(Cl)cc3c(c2C(=O)C1)OCCO3. The summed E-state index contributed by atoms with van der Waals surface area (Å²) in [6.45, 7) is 3.10. The highest BCUT2D eigenvalue weighted by atomic mass is 35.5. The van der Waals surface area contributed by atoms with Gasteiger partial charge in [0, 0.05) is 17.5 Å². The van der Waals surface area contributed by atoms with E-state index in [-0.39, 0.29) is 5.78 Å². The Morgan fingerprint density at radius 1 is 1.33 bits per heavy atom. The van der Waals surface area contributed by atoms with Gasteiger partial charge in [-0.2, -0.15) is 0 Å². The number of hydrogen-bond acceptors (Lipinski definition) is 3. The zero-order chi connectivity index (χ0) is 12.7. The molecule has 3 rings (SSSR count). The fourth-order valence-corrected chi connectivity index (χ4v) is 2.93. The second-order valence-electron chi connectivity index (χ2n) is 5.01. The minimum atomic E-state index is 0.124. The summed E-state index contributed by atoms with van der Waals surface area (Å²) < 4.78 is 11.2. The van der Waals surface area contributed by atoms with Crippen molar-refractivity contribution in [3.05, 3.63) is 22.2 Å². The minimum Gasteiger partial charge on any atom is -0.486 e. The summed E-state index contributed by atoms with van der Waals surface area (Å²) in [5.41, 5.74) is 1.58. The molecule has 1 aliphatic heterocycles. The summed E-state index contributed by atoms with van der Waals surface area (Å²) in [7, 11) is 0. The first-order valence-corrected chi connectivity index (χ1v) is 6.68. The lowest BCUT2D eigenvalue weighted by atomic mass is 9.99. The molecule has 18 heavy (non-hydrogen) atoms. The zero-order valence-electron chi connectivity index (χ0n) is 10.3. The number of rotatable bonds is 0. The molecule has 0 fully saturated rings. The highest BCUT2D eigenvalue weighted by Crippen LogP contribution is 2.43. The number of ether oxygens (including phenoxy) is 2. The molecule has 96 valence electrons. The lowest BCUT2D eigenvalue weighted by Gasteiger charge is -2.22. The molecule has 0 spiro atoms. The minimum absolute atomic E-state index is 0.124. The van der Waals surface area contributed by atoms with Gasteiger partial charge in [0.15, 0.2) is 17.3 Å². The van der Waals surface area contributed by atoms with Gasteiger partial charge in [-0.1, -0.05) is 18.5 Å². The summed E-state index contributed by atoms with van der Waals surface area (Å²) in [6, 6.07) is 1.78. The van der Waals surface area contributed by atoms with Crippen LogP contribution in [0.1, 0.15) is 35.7 Å². The third-order valence-corrected chi connectivity index (χ3v) is 3.92. The Morgan fingerprint density at radius 3 is 2.94 bits per heavy atom. The first-order valence-electron chi connectivity index (χ1n) is 6.31. The molecule has 0 N–H and O–H groups in total. The van der Waals surface area contributed by atoms with Gasteiger partial charge >= 0.3 is 0 Å². The molecule has 2 aliphatic rings. The van der Waals surface area contributed by atoms with Crippen molar-refractivity contribution in [2.75, 3.05) is 13.2 Å². The van der Waals surface area contributed by atoms with Gasteiger partial charge in [-0.15, -0.1) is 0 Å². The Labute approximate surface area is 111 Å². The molecular formula is C14H15ClO3. The van der Waals surface area contributed by atoms with Gasteiger partial charge in [0.05, 0.1) is 5.56 Å². The molecule has 1 heterocycles. The Hall–Kier alpha value is -1.22. The van der Waals surface area contributed by atoms with Crippen LogP contribution in [0, 0.1) is 5.92 Å². The normalized spacial score (nSPS) is 22.3. The summed E-state index contributed by atoms with van der Waals surface area (Å²) in [5, 5.41) is 0.622. The largest absolute Gasteiger partial charge is 0.486 e. The maximum absolute atomic E-state index is 12.3. The van der Waals surface area contributed by atoms with Gasteiger partial charge < -0.3 is 9.47 Å². The van der Waals surface area contributed by atoms with Crippen molar-refractivity contribution >= 4 is 17.4 Å². The predicted octanol–water partition coefficient (Wildman–Crippen LogP) is 3.27. The molecule has 1 unspecified atom stereocenters. The molecule has 0 saturated heterocycles. The molecule has 0 aromatic heterocycles. The van der Waals surface area contributed by atoms with Crippen LogP contribution in [0.4, 0.5) is 0 Å². The quantitative estimate of drug-likeness (QED) is 0.676. The zero-order valence-corrected chi connectivity index (χ0v) is 11.0. The summed E-state index contributed by atoms with van der Waals surface area (Å²) >= 11 is 6.28. The van der Waals surface area contributed by atoms with Crippen molar-refractivity contribution in [2.24, 2.45) is 5.92 Å². The van der Waals surface area contributed by atoms with Crippen LogP contribution < -0.4 is 9.47 Å². The predicted molar refractivity (Wildman–Crippen MR) is 68.9 cm³/mol. The Kier molecular flexibility index (Phi) is 2.94. The fourth-order valence-electron chi connectivity index (χ4n) is 2.64. The van der Waals surface area contributed by atoms with E-state index in [1.165, 1.54) is 0 Å². The summed E-state index contributed by atoms with van der Waals surface area (Å²) in [6.07, 6.45) is 2.37. The molecule has 1 atom stereocenters. The Morgan fingerprint density at radius 2 is 2.11 bits per heavy atom. The first-order chi connectivity index (χ1) is 8.66. The van der Waals surface area contributed by atoms with E-state index in [4.69, 9.17) is 21.1 Å². The van der Waals surface area contributed by atoms with Crippen molar-refractivity contribution in [3.63, 3.8) is 0 Å². The molecular weight excluding hydrogens is 252 g/mol. The number of carbonyl (C=O) groups is 1. The van der Waals surface area contributed by atoms with Crippen LogP contribution in [0.2, 0.25) is 5.02 Å². The van der Waals surface area contributed by atoms with Crippen LogP contribution in [0.15, 0.2) is 6.07 Å². The highest BCUT2D eigenvalue weighted by molar-refractivity contribution is 6.32. The van der Waals surface area contributed by atoms with E-state index in [2.05, 4.69) is 6.92 Å². The van der Waals surface area contributed by atoms with Gasteiger partial charge in [0.25, 0.3) is 0 Å². The number of hydrogen-bond donors (Lipinski definition) is 0. The number of carbonyl (C=O) groups excluding carboxylic acids is 1. The van der Waals surface area contributed by atoms with E-state index < -0.39 is 0 Å². The smallest absolute Gasteiger partial charge is 0.172 e.